The van der Waals surface area contributed by atoms with Crippen LogP contribution in [-0.4, -0.2) is 119 Å². The maximum atomic E-state index is 13.7. The highest BCUT2D eigenvalue weighted by molar-refractivity contribution is 5.86. The molecule has 258 valence electrons. The number of aliphatic hydroxyl groups excluding tert-OH is 2. The number of aliphatic hydroxyl groups is 3. The van der Waals surface area contributed by atoms with Crippen molar-refractivity contribution in [1.29, 1.82) is 0 Å². The Bertz CT molecular complexity index is 1100. The predicted octanol–water partition coefficient (Wildman–Crippen LogP) is 1.86. The number of hydrogen-bond donors (Lipinski definition) is 3. The average molecular weight is 642 g/mol. The van der Waals surface area contributed by atoms with Crippen molar-refractivity contribution in [3.8, 4) is 0 Å². The van der Waals surface area contributed by atoms with Gasteiger partial charge >= 0.3 is 5.97 Å². The van der Waals surface area contributed by atoms with E-state index in [9.17, 15) is 29.7 Å². The maximum Gasteiger partial charge on any atom is 0.311 e. The van der Waals surface area contributed by atoms with Crippen LogP contribution < -0.4 is 0 Å². The molecule has 1 unspecified atom stereocenters. The topological polar surface area (TPSA) is 161 Å². The number of carbonyl (C=O) groups excluding carboxylic acids is 3. The van der Waals surface area contributed by atoms with Gasteiger partial charge in [0, 0.05) is 36.9 Å². The molecule has 1 saturated carbocycles. The van der Waals surface area contributed by atoms with Gasteiger partial charge in [-0.25, -0.2) is 0 Å². The minimum atomic E-state index is -1.77. The monoisotopic (exact) mass is 641 g/mol. The van der Waals surface area contributed by atoms with Crippen LogP contribution in [0.2, 0.25) is 0 Å². The molecule has 45 heavy (non-hydrogen) atoms. The molecule has 2 saturated heterocycles. The third-order valence-corrected chi connectivity index (χ3v) is 10.4. The molecule has 0 aromatic rings. The van der Waals surface area contributed by atoms with Gasteiger partial charge in [-0.15, -0.1) is 0 Å². The van der Waals surface area contributed by atoms with Crippen LogP contribution in [0.1, 0.15) is 68.2 Å². The highest BCUT2D eigenvalue weighted by Crippen LogP contribution is 2.51. The van der Waals surface area contributed by atoms with Gasteiger partial charge in [-0.3, -0.25) is 14.4 Å². The van der Waals surface area contributed by atoms with Crippen molar-refractivity contribution in [3.63, 3.8) is 0 Å². The van der Waals surface area contributed by atoms with E-state index in [4.69, 9.17) is 23.7 Å². The van der Waals surface area contributed by atoms with Gasteiger partial charge in [0.05, 0.1) is 48.2 Å². The Kier molecular flexibility index (Phi) is 12.1. The second kappa shape index (κ2) is 14.5. The van der Waals surface area contributed by atoms with E-state index in [-0.39, 0.29) is 30.1 Å². The number of allylic oxidation sites excluding steroid dienone is 1. The molecule has 12 nitrogen and oxygen atoms in total. The largest absolute Gasteiger partial charge is 0.491 e. The molecule has 0 radical (unpaired) electrons. The summed E-state index contributed by atoms with van der Waals surface area (Å²) in [5.74, 6) is -5.24. The summed E-state index contributed by atoms with van der Waals surface area (Å²) >= 11 is 0. The Morgan fingerprint density at radius 1 is 1.07 bits per heavy atom. The van der Waals surface area contributed by atoms with E-state index < -0.39 is 83.6 Å². The Hall–Kier alpha value is -1.93. The SMILES string of the molecule is CO[C@@]1(C)C[C@@H](C)C(=O)[C@H](C)[C@@H](O)[C@@]2(O)C(C)[C@H]2OC(=O)[C@H](C)[C@@H](O)[C@H](C)[C@H]1O[C@@H]1O[C@H](C)C[C@H](N(C)C)[C@H]1O/C=C/C(C)=O. The number of Topliss-reactive ketones (excluding diaryl/α,β-unsaturated/α-hetero) is 1. The predicted molar refractivity (Wildman–Crippen MR) is 164 cm³/mol. The summed E-state index contributed by atoms with van der Waals surface area (Å²) in [5, 5.41) is 34.0. The van der Waals surface area contributed by atoms with Crippen molar-refractivity contribution in [3.05, 3.63) is 12.3 Å². The summed E-state index contributed by atoms with van der Waals surface area (Å²) < 4.78 is 30.8. The van der Waals surface area contributed by atoms with E-state index in [0.29, 0.717) is 6.42 Å². The first-order valence-electron chi connectivity index (χ1n) is 16.0. The lowest BCUT2D eigenvalue weighted by Gasteiger charge is -2.48. The number of rotatable bonds is 7. The van der Waals surface area contributed by atoms with Gasteiger partial charge in [0.15, 0.2) is 18.2 Å². The maximum absolute atomic E-state index is 13.7. The Morgan fingerprint density at radius 3 is 2.24 bits per heavy atom. The fraction of sp³-hybridized carbons (Fsp3) is 0.848. The number of hydrogen-bond acceptors (Lipinski definition) is 12. The highest BCUT2D eigenvalue weighted by Gasteiger charge is 2.70. The lowest BCUT2D eigenvalue weighted by atomic mass is 9.75. The molecular formula is C33H55NO11. The Morgan fingerprint density at radius 2 is 1.69 bits per heavy atom. The minimum Gasteiger partial charge on any atom is -0.491 e. The molecule has 1 aliphatic carbocycles. The fourth-order valence-electron chi connectivity index (χ4n) is 7.18. The smallest absolute Gasteiger partial charge is 0.311 e. The summed E-state index contributed by atoms with van der Waals surface area (Å²) in [6.45, 7) is 13.3. The zero-order valence-electron chi connectivity index (χ0n) is 28.6. The first-order chi connectivity index (χ1) is 20.8. The number of esters is 1. The van der Waals surface area contributed by atoms with Gasteiger partial charge < -0.3 is 43.9 Å². The number of fused-ring (bicyclic) bond motifs is 1. The first kappa shape index (κ1) is 37.5. The normalized spacial score (nSPS) is 46.8. The number of methoxy groups -OCH3 is 1. The molecule has 12 heteroatoms. The Balaban J connectivity index is 2.07. The molecule has 3 fully saturated rings. The second-order valence-electron chi connectivity index (χ2n) is 14.1. The summed E-state index contributed by atoms with van der Waals surface area (Å²) in [6, 6.07) is -0.168. The molecule has 0 bridgehead atoms. The van der Waals surface area contributed by atoms with Crippen LogP contribution in [0, 0.1) is 29.6 Å². The number of ether oxygens (including phenoxy) is 5. The van der Waals surface area contributed by atoms with Crippen LogP contribution in [0.15, 0.2) is 12.3 Å². The number of carbonyl (C=O) groups is 3. The van der Waals surface area contributed by atoms with Gasteiger partial charge in [0.1, 0.15) is 17.5 Å². The lowest BCUT2D eigenvalue weighted by Crippen LogP contribution is -2.60. The summed E-state index contributed by atoms with van der Waals surface area (Å²) in [4.78, 5) is 40.6. The van der Waals surface area contributed by atoms with Gasteiger partial charge in [0.2, 0.25) is 0 Å². The van der Waals surface area contributed by atoms with Gasteiger partial charge in [0.25, 0.3) is 0 Å². The summed E-state index contributed by atoms with van der Waals surface area (Å²) in [5.41, 5.74) is -2.98. The van der Waals surface area contributed by atoms with Crippen LogP contribution in [0.5, 0.6) is 0 Å². The molecule has 0 spiro atoms. The van der Waals surface area contributed by atoms with Crippen molar-refractivity contribution in [1.82, 2.24) is 4.90 Å². The molecule has 2 heterocycles. The molecule has 3 N–H and O–H groups in total. The minimum absolute atomic E-state index is 0.131. The molecule has 2 aliphatic heterocycles. The second-order valence-corrected chi connectivity index (χ2v) is 14.1. The van der Waals surface area contributed by atoms with E-state index in [1.54, 1.807) is 34.6 Å². The summed E-state index contributed by atoms with van der Waals surface area (Å²) in [7, 11) is 5.31. The molecule has 0 amide bonds. The molecule has 15 atom stereocenters. The van der Waals surface area contributed by atoms with Gasteiger partial charge in [-0.1, -0.05) is 27.7 Å². The third kappa shape index (κ3) is 7.63. The zero-order valence-corrected chi connectivity index (χ0v) is 28.6. The molecule has 3 rings (SSSR count). The van der Waals surface area contributed by atoms with Crippen molar-refractivity contribution in [2.24, 2.45) is 29.6 Å². The van der Waals surface area contributed by atoms with E-state index >= 15 is 0 Å². The van der Waals surface area contributed by atoms with Crippen LogP contribution in [0.3, 0.4) is 0 Å². The Labute approximate surface area is 267 Å². The highest BCUT2D eigenvalue weighted by atomic mass is 16.7. The number of nitrogens with zero attached hydrogens (tertiary/aromatic N) is 1. The van der Waals surface area contributed by atoms with E-state index in [2.05, 4.69) is 0 Å². The van der Waals surface area contributed by atoms with Crippen molar-refractivity contribution in [2.75, 3.05) is 21.2 Å². The third-order valence-electron chi connectivity index (χ3n) is 10.4. The van der Waals surface area contributed by atoms with Gasteiger partial charge in [-0.05, 0) is 54.6 Å². The van der Waals surface area contributed by atoms with E-state index in [1.165, 1.54) is 33.3 Å². The van der Waals surface area contributed by atoms with E-state index in [0.717, 1.165) is 0 Å². The van der Waals surface area contributed by atoms with Crippen LogP contribution in [-0.2, 0) is 38.1 Å². The zero-order chi connectivity index (χ0) is 34.2. The van der Waals surface area contributed by atoms with E-state index in [1.807, 2.05) is 25.9 Å². The van der Waals surface area contributed by atoms with Crippen molar-refractivity contribution >= 4 is 17.5 Å². The molecule has 3 aliphatic rings. The van der Waals surface area contributed by atoms with Crippen LogP contribution >= 0.6 is 0 Å². The number of ketones is 2. The lowest BCUT2D eigenvalue weighted by molar-refractivity contribution is -0.301. The van der Waals surface area contributed by atoms with Crippen molar-refractivity contribution < 1.29 is 53.4 Å². The molecular weight excluding hydrogens is 586 g/mol. The molecule has 0 aromatic heterocycles. The first-order valence-corrected chi connectivity index (χ1v) is 16.0. The van der Waals surface area contributed by atoms with Gasteiger partial charge in [-0.2, -0.15) is 0 Å². The number of likely N-dealkylation sites (N-methyl/N-ethyl adjacent to an activating group) is 1. The average Bonchev–Trinajstić information content (AvgIpc) is 3.51. The van der Waals surface area contributed by atoms with Crippen LogP contribution in [0.25, 0.3) is 0 Å². The quantitative estimate of drug-likeness (QED) is 0.211. The van der Waals surface area contributed by atoms with Crippen molar-refractivity contribution in [2.45, 2.75) is 128 Å². The summed E-state index contributed by atoms with van der Waals surface area (Å²) in [6.07, 6.45) is -3.23. The standard InChI is InChI=1S/C33H55NO11/c1-16-15-32(8,41-11)28(45-31-26(42-13-12-17(2)35)23(34(9)10)14-18(3)43-31)20(5)25(37)21(6)30(39)44-29-22(7)33(29,40)27(38)19(4)24(16)36/h12-13,16,18-23,25-29,31,37-38,40H,14-15H2,1-11H3/b13-12+/t16-,18-,19+,20+,21-,22?,23+,25+,26-,27-,28-,29-,31+,32+,33+/m1/s1. The van der Waals surface area contributed by atoms with Crippen LogP contribution in [0.4, 0.5) is 0 Å². The fourth-order valence-corrected chi connectivity index (χ4v) is 7.18. The molecule has 0 aromatic carbocycles.